The minimum Gasteiger partial charge on any atom is -0.496 e. The van der Waals surface area contributed by atoms with Crippen LogP contribution in [0.25, 0.3) is 0 Å². The third-order valence-electron chi connectivity index (χ3n) is 3.46. The number of thioether (sulfide) groups is 1. The maximum absolute atomic E-state index is 12.0. The number of hydrogen-bond donors (Lipinski definition) is 2. The second-order valence-corrected chi connectivity index (χ2v) is 6.69. The Bertz CT molecular complexity index is 533. The first-order valence-corrected chi connectivity index (χ1v) is 8.84. The van der Waals surface area contributed by atoms with E-state index in [-0.39, 0.29) is 16.7 Å². The van der Waals surface area contributed by atoms with E-state index in [0.29, 0.717) is 18.7 Å². The smallest absolute Gasteiger partial charge is 0.335 e. The fraction of sp³-hybridized carbons (Fsp3) is 0.529. The van der Waals surface area contributed by atoms with Gasteiger partial charge in [-0.3, -0.25) is 4.79 Å². The minimum atomic E-state index is -0.985. The predicted molar refractivity (Wildman–Crippen MR) is 93.5 cm³/mol. The van der Waals surface area contributed by atoms with Crippen LogP contribution in [0.3, 0.4) is 0 Å². The number of carbonyl (C=O) groups excluding carboxylic acids is 1. The lowest BCUT2D eigenvalue weighted by molar-refractivity contribution is -0.120. The molecule has 1 rings (SSSR count). The van der Waals surface area contributed by atoms with Crippen LogP contribution in [0, 0.1) is 0 Å². The molecule has 2 N–H and O–H groups in total. The normalized spacial score (nSPS) is 11.8. The topological polar surface area (TPSA) is 75.6 Å². The number of amides is 1. The van der Waals surface area contributed by atoms with Crippen LogP contribution in [0.15, 0.2) is 18.2 Å². The van der Waals surface area contributed by atoms with Crippen LogP contribution in [0.4, 0.5) is 0 Å². The van der Waals surface area contributed by atoms with E-state index in [0.717, 1.165) is 24.2 Å². The van der Waals surface area contributed by atoms with Crippen molar-refractivity contribution in [3.63, 3.8) is 0 Å². The van der Waals surface area contributed by atoms with Crippen molar-refractivity contribution < 1.29 is 19.4 Å². The van der Waals surface area contributed by atoms with E-state index >= 15 is 0 Å². The monoisotopic (exact) mass is 339 g/mol. The van der Waals surface area contributed by atoms with Gasteiger partial charge in [-0.25, -0.2) is 4.79 Å². The van der Waals surface area contributed by atoms with Crippen LogP contribution in [0.5, 0.6) is 5.75 Å². The Morgan fingerprint density at radius 1 is 1.39 bits per heavy atom. The number of carboxylic acids is 1. The number of unbranched alkanes of at least 4 members (excludes halogenated alkanes) is 1. The van der Waals surface area contributed by atoms with E-state index < -0.39 is 5.97 Å². The molecule has 1 amide bonds. The molecular formula is C17H25NO4S. The highest BCUT2D eigenvalue weighted by atomic mass is 32.2. The summed E-state index contributed by atoms with van der Waals surface area (Å²) in [5.41, 5.74) is 1.07. The van der Waals surface area contributed by atoms with Crippen LogP contribution in [-0.4, -0.2) is 41.6 Å². The van der Waals surface area contributed by atoms with Crippen LogP contribution in [0.1, 0.15) is 42.6 Å². The average molecular weight is 339 g/mol. The van der Waals surface area contributed by atoms with Gasteiger partial charge in [0.15, 0.2) is 0 Å². The summed E-state index contributed by atoms with van der Waals surface area (Å²) >= 11 is 1.67. The molecule has 0 radical (unpaired) electrons. The van der Waals surface area contributed by atoms with Crippen molar-refractivity contribution in [1.82, 2.24) is 5.32 Å². The van der Waals surface area contributed by atoms with E-state index in [9.17, 15) is 9.59 Å². The lowest BCUT2D eigenvalue weighted by atomic mass is 10.1. The number of hydrogen-bond acceptors (Lipinski definition) is 4. The van der Waals surface area contributed by atoms with E-state index in [4.69, 9.17) is 9.84 Å². The highest BCUT2D eigenvalue weighted by Gasteiger charge is 2.13. The standard InChI is InChI=1S/C17H25NO4S/c1-4-5-10-23-12(2)16(19)18-9-8-13-6-7-14(17(20)21)11-15(13)22-3/h6-7,11-12H,4-5,8-10H2,1-3H3,(H,18,19)(H,20,21). The minimum absolute atomic E-state index is 0.0345. The Hall–Kier alpha value is -1.69. The van der Waals surface area contributed by atoms with E-state index in [1.54, 1.807) is 23.9 Å². The molecule has 128 valence electrons. The molecule has 1 aromatic rings. The van der Waals surface area contributed by atoms with Crippen LogP contribution >= 0.6 is 11.8 Å². The Morgan fingerprint density at radius 3 is 2.74 bits per heavy atom. The molecule has 1 aromatic carbocycles. The molecule has 0 spiro atoms. The number of benzene rings is 1. The molecule has 0 aliphatic rings. The molecular weight excluding hydrogens is 314 g/mol. The van der Waals surface area contributed by atoms with Gasteiger partial charge in [-0.15, -0.1) is 11.8 Å². The molecule has 0 aliphatic heterocycles. The van der Waals surface area contributed by atoms with Crippen molar-refractivity contribution in [3.05, 3.63) is 29.3 Å². The third kappa shape index (κ3) is 6.52. The van der Waals surface area contributed by atoms with Crippen LogP contribution in [-0.2, 0) is 11.2 Å². The lowest BCUT2D eigenvalue weighted by Crippen LogP contribution is -2.32. The molecule has 0 aromatic heterocycles. The van der Waals surface area contributed by atoms with Crippen molar-refractivity contribution in [2.24, 2.45) is 0 Å². The van der Waals surface area contributed by atoms with Crippen LogP contribution < -0.4 is 10.1 Å². The molecule has 0 fully saturated rings. The van der Waals surface area contributed by atoms with Crippen molar-refractivity contribution >= 4 is 23.6 Å². The highest BCUT2D eigenvalue weighted by Crippen LogP contribution is 2.20. The largest absolute Gasteiger partial charge is 0.496 e. The molecule has 0 saturated heterocycles. The van der Waals surface area contributed by atoms with Gasteiger partial charge in [0.1, 0.15) is 5.75 Å². The zero-order valence-electron chi connectivity index (χ0n) is 13.9. The Labute approximate surface area is 141 Å². The van der Waals surface area contributed by atoms with Gasteiger partial charge in [0.05, 0.1) is 17.9 Å². The van der Waals surface area contributed by atoms with Crippen molar-refractivity contribution in [2.75, 3.05) is 19.4 Å². The molecule has 23 heavy (non-hydrogen) atoms. The van der Waals surface area contributed by atoms with Gasteiger partial charge in [0.25, 0.3) is 0 Å². The number of rotatable bonds is 10. The molecule has 5 nitrogen and oxygen atoms in total. The maximum atomic E-state index is 12.0. The summed E-state index contributed by atoms with van der Waals surface area (Å²) in [6, 6.07) is 4.78. The van der Waals surface area contributed by atoms with Gasteiger partial charge < -0.3 is 15.2 Å². The summed E-state index contributed by atoms with van der Waals surface area (Å²) in [6.45, 7) is 4.55. The second kappa shape index (κ2) is 10.2. The zero-order valence-corrected chi connectivity index (χ0v) is 14.7. The Balaban J connectivity index is 2.49. The first-order chi connectivity index (χ1) is 11.0. The molecule has 1 unspecified atom stereocenters. The van der Waals surface area contributed by atoms with Crippen molar-refractivity contribution in [1.29, 1.82) is 0 Å². The average Bonchev–Trinajstić information content (AvgIpc) is 2.54. The Kier molecular flexibility index (Phi) is 8.55. The molecule has 0 heterocycles. The summed E-state index contributed by atoms with van der Waals surface area (Å²) in [7, 11) is 1.51. The van der Waals surface area contributed by atoms with E-state index in [2.05, 4.69) is 12.2 Å². The Morgan fingerprint density at radius 2 is 2.13 bits per heavy atom. The van der Waals surface area contributed by atoms with Gasteiger partial charge in [0, 0.05) is 6.54 Å². The summed E-state index contributed by atoms with van der Waals surface area (Å²) in [5.74, 6) is 0.577. The summed E-state index contributed by atoms with van der Waals surface area (Å²) < 4.78 is 5.23. The molecule has 6 heteroatoms. The number of carbonyl (C=O) groups is 2. The fourth-order valence-electron chi connectivity index (χ4n) is 2.03. The molecule has 0 saturated carbocycles. The van der Waals surface area contributed by atoms with E-state index in [1.807, 2.05) is 6.92 Å². The predicted octanol–water partition coefficient (Wildman–Crippen LogP) is 2.97. The van der Waals surface area contributed by atoms with Gasteiger partial charge in [-0.2, -0.15) is 0 Å². The van der Waals surface area contributed by atoms with Gasteiger partial charge >= 0.3 is 5.97 Å². The van der Waals surface area contributed by atoms with Crippen molar-refractivity contribution in [2.45, 2.75) is 38.4 Å². The summed E-state index contributed by atoms with van der Waals surface area (Å²) in [6.07, 6.45) is 2.85. The SMILES string of the molecule is CCCCSC(C)C(=O)NCCc1ccc(C(=O)O)cc1OC. The van der Waals surface area contributed by atoms with Crippen LogP contribution in [0.2, 0.25) is 0 Å². The van der Waals surface area contributed by atoms with Gasteiger partial charge in [-0.1, -0.05) is 19.4 Å². The quantitative estimate of drug-likeness (QED) is 0.641. The zero-order chi connectivity index (χ0) is 17.2. The lowest BCUT2D eigenvalue weighted by Gasteiger charge is -2.13. The fourth-order valence-corrected chi connectivity index (χ4v) is 3.07. The number of aromatic carboxylic acids is 1. The first kappa shape index (κ1) is 19.4. The number of ether oxygens (including phenoxy) is 1. The number of carboxylic acid groups (broad SMARTS) is 1. The van der Waals surface area contributed by atoms with Crippen molar-refractivity contribution in [3.8, 4) is 5.75 Å². The molecule has 0 bridgehead atoms. The molecule has 1 atom stereocenters. The van der Waals surface area contributed by atoms with Gasteiger partial charge in [-0.05, 0) is 43.2 Å². The van der Waals surface area contributed by atoms with E-state index in [1.165, 1.54) is 13.2 Å². The summed E-state index contributed by atoms with van der Waals surface area (Å²) in [4.78, 5) is 22.9. The maximum Gasteiger partial charge on any atom is 0.335 e. The summed E-state index contributed by atoms with van der Waals surface area (Å²) in [5, 5.41) is 11.8. The second-order valence-electron chi connectivity index (χ2n) is 5.24. The molecule has 0 aliphatic carbocycles. The highest BCUT2D eigenvalue weighted by molar-refractivity contribution is 8.00. The third-order valence-corrected chi connectivity index (χ3v) is 4.70. The van der Waals surface area contributed by atoms with Gasteiger partial charge in [0.2, 0.25) is 5.91 Å². The number of nitrogens with one attached hydrogen (secondary N) is 1. The first-order valence-electron chi connectivity index (χ1n) is 7.79. The number of methoxy groups -OCH3 is 1.